The van der Waals surface area contributed by atoms with E-state index in [0.29, 0.717) is 22.8 Å². The fourth-order valence-electron chi connectivity index (χ4n) is 3.31. The van der Waals surface area contributed by atoms with Gasteiger partial charge < -0.3 is 23.7 Å². The van der Waals surface area contributed by atoms with E-state index in [1.165, 1.54) is 7.11 Å². The lowest BCUT2D eigenvalue weighted by Crippen LogP contribution is -2.07. The maximum absolute atomic E-state index is 11.9. The molecule has 0 N–H and O–H groups in total. The number of hydrogen-bond donors (Lipinski definition) is 0. The van der Waals surface area contributed by atoms with Crippen LogP contribution in [0, 0.1) is 0 Å². The summed E-state index contributed by atoms with van der Waals surface area (Å²) in [5.41, 5.74) is 2.34. The van der Waals surface area contributed by atoms with E-state index in [-0.39, 0.29) is 18.8 Å². The first-order chi connectivity index (χ1) is 12.1. The van der Waals surface area contributed by atoms with Crippen molar-refractivity contribution in [2.24, 2.45) is 0 Å². The zero-order chi connectivity index (χ0) is 17.6. The average molecular weight is 342 g/mol. The van der Waals surface area contributed by atoms with Gasteiger partial charge in [0.25, 0.3) is 0 Å². The maximum Gasteiger partial charge on any atom is 0.337 e. The van der Waals surface area contributed by atoms with Gasteiger partial charge in [0, 0.05) is 11.5 Å². The Hall–Kier alpha value is -2.89. The molecule has 0 bridgehead atoms. The van der Waals surface area contributed by atoms with Gasteiger partial charge in [-0.05, 0) is 29.8 Å². The van der Waals surface area contributed by atoms with Crippen LogP contribution in [0.15, 0.2) is 30.3 Å². The molecule has 2 aliphatic rings. The fraction of sp³-hybridized carbons (Fsp3) is 0.316. The Bertz CT molecular complexity index is 844. The third-order valence-electron chi connectivity index (χ3n) is 4.64. The van der Waals surface area contributed by atoms with Crippen molar-refractivity contribution in [3.05, 3.63) is 47.0 Å². The minimum absolute atomic E-state index is 0.0360. The molecule has 2 unspecified atom stereocenters. The lowest BCUT2D eigenvalue weighted by atomic mass is 9.91. The SMILES string of the molecule is COC(=O)c1cc(OC)c2c(c1)C(C)C(c1ccc3c(c1)OCO3)O2. The number of carbonyl (C=O) groups excluding carboxylic acids is 1. The van der Waals surface area contributed by atoms with Crippen LogP contribution >= 0.6 is 0 Å². The molecule has 2 atom stereocenters. The molecule has 2 aromatic carbocycles. The Morgan fingerprint density at radius 2 is 1.92 bits per heavy atom. The van der Waals surface area contributed by atoms with Gasteiger partial charge in [0.15, 0.2) is 23.0 Å². The van der Waals surface area contributed by atoms with Gasteiger partial charge >= 0.3 is 5.97 Å². The molecule has 0 radical (unpaired) electrons. The van der Waals surface area contributed by atoms with Crippen molar-refractivity contribution in [1.82, 2.24) is 0 Å². The van der Waals surface area contributed by atoms with Crippen molar-refractivity contribution in [3.8, 4) is 23.0 Å². The normalized spacial score (nSPS) is 20.0. The Kier molecular flexibility index (Phi) is 3.67. The lowest BCUT2D eigenvalue weighted by Gasteiger charge is -2.16. The molecule has 6 nitrogen and oxygen atoms in total. The highest BCUT2D eigenvalue weighted by Crippen LogP contribution is 2.51. The lowest BCUT2D eigenvalue weighted by molar-refractivity contribution is 0.0600. The van der Waals surface area contributed by atoms with E-state index >= 15 is 0 Å². The molecule has 2 heterocycles. The van der Waals surface area contributed by atoms with Gasteiger partial charge in [0.2, 0.25) is 6.79 Å². The summed E-state index contributed by atoms with van der Waals surface area (Å²) in [7, 11) is 2.91. The van der Waals surface area contributed by atoms with Crippen molar-refractivity contribution in [3.63, 3.8) is 0 Å². The smallest absolute Gasteiger partial charge is 0.337 e. The molecule has 25 heavy (non-hydrogen) atoms. The summed E-state index contributed by atoms with van der Waals surface area (Å²) >= 11 is 0. The zero-order valence-electron chi connectivity index (χ0n) is 14.2. The Morgan fingerprint density at radius 1 is 1.12 bits per heavy atom. The second-order valence-corrected chi connectivity index (χ2v) is 6.03. The minimum atomic E-state index is -0.403. The van der Waals surface area contributed by atoms with Crippen LogP contribution in [-0.4, -0.2) is 27.0 Å². The monoisotopic (exact) mass is 342 g/mol. The highest BCUT2D eigenvalue weighted by atomic mass is 16.7. The van der Waals surface area contributed by atoms with Crippen LogP contribution < -0.4 is 18.9 Å². The molecule has 4 rings (SSSR count). The quantitative estimate of drug-likeness (QED) is 0.796. The van der Waals surface area contributed by atoms with Gasteiger partial charge in [0.05, 0.1) is 19.8 Å². The molecule has 2 aliphatic heterocycles. The predicted octanol–water partition coefficient (Wildman–Crippen LogP) is 3.45. The van der Waals surface area contributed by atoms with E-state index in [2.05, 4.69) is 6.92 Å². The predicted molar refractivity (Wildman–Crippen MR) is 88.7 cm³/mol. The number of rotatable bonds is 3. The van der Waals surface area contributed by atoms with Crippen molar-refractivity contribution < 1.29 is 28.5 Å². The standard InChI is InChI=1S/C19H18O6/c1-10-13-6-12(19(20)22-3)8-16(21-2)18(13)25-17(10)11-4-5-14-15(7-11)24-9-23-14/h4-8,10,17H,9H2,1-3H3. The minimum Gasteiger partial charge on any atom is -0.493 e. The van der Waals surface area contributed by atoms with Crippen LogP contribution in [0.1, 0.15) is 40.4 Å². The number of benzene rings is 2. The number of esters is 1. The second kappa shape index (κ2) is 5.88. The Labute approximate surface area is 145 Å². The van der Waals surface area contributed by atoms with Crippen LogP contribution in [0.3, 0.4) is 0 Å². The zero-order valence-corrected chi connectivity index (χ0v) is 14.2. The van der Waals surface area contributed by atoms with E-state index in [1.54, 1.807) is 19.2 Å². The number of methoxy groups -OCH3 is 2. The summed E-state index contributed by atoms with van der Waals surface area (Å²) in [6.07, 6.45) is -0.203. The van der Waals surface area contributed by atoms with E-state index < -0.39 is 5.97 Å². The summed E-state index contributed by atoms with van der Waals surface area (Å²) in [6, 6.07) is 9.23. The van der Waals surface area contributed by atoms with Gasteiger partial charge in [0.1, 0.15) is 6.10 Å². The maximum atomic E-state index is 11.9. The van der Waals surface area contributed by atoms with Crippen LogP contribution in [0.4, 0.5) is 0 Å². The molecule has 0 spiro atoms. The first kappa shape index (κ1) is 15.6. The third-order valence-corrected chi connectivity index (χ3v) is 4.64. The second-order valence-electron chi connectivity index (χ2n) is 6.03. The topological polar surface area (TPSA) is 63.2 Å². The molecule has 6 heteroatoms. The summed E-state index contributed by atoms with van der Waals surface area (Å²) in [4.78, 5) is 11.9. The van der Waals surface area contributed by atoms with Crippen molar-refractivity contribution >= 4 is 5.97 Å². The summed E-state index contributed by atoms with van der Waals surface area (Å²) < 4.78 is 27.2. The molecule has 0 amide bonds. The van der Waals surface area contributed by atoms with E-state index in [1.807, 2.05) is 18.2 Å². The fourth-order valence-corrected chi connectivity index (χ4v) is 3.31. The van der Waals surface area contributed by atoms with E-state index in [0.717, 1.165) is 16.9 Å². The first-order valence-electron chi connectivity index (χ1n) is 7.99. The van der Waals surface area contributed by atoms with Crippen LogP contribution in [0.2, 0.25) is 0 Å². The van der Waals surface area contributed by atoms with Gasteiger partial charge in [-0.25, -0.2) is 4.79 Å². The third kappa shape index (κ3) is 2.45. The first-order valence-corrected chi connectivity index (χ1v) is 7.99. The molecular formula is C19H18O6. The van der Waals surface area contributed by atoms with Gasteiger partial charge in [-0.15, -0.1) is 0 Å². The highest BCUT2D eigenvalue weighted by Gasteiger charge is 2.36. The Morgan fingerprint density at radius 3 is 2.68 bits per heavy atom. The van der Waals surface area contributed by atoms with Gasteiger partial charge in [-0.2, -0.15) is 0 Å². The highest BCUT2D eigenvalue weighted by molar-refractivity contribution is 5.90. The van der Waals surface area contributed by atoms with Crippen molar-refractivity contribution in [2.45, 2.75) is 18.9 Å². The van der Waals surface area contributed by atoms with Crippen LogP contribution in [0.5, 0.6) is 23.0 Å². The Balaban J connectivity index is 1.73. The number of ether oxygens (including phenoxy) is 5. The molecule has 0 saturated heterocycles. The molecule has 0 fully saturated rings. The summed E-state index contributed by atoms with van der Waals surface area (Å²) in [5.74, 6) is 2.26. The van der Waals surface area contributed by atoms with E-state index in [9.17, 15) is 4.79 Å². The number of hydrogen-bond acceptors (Lipinski definition) is 6. The van der Waals surface area contributed by atoms with Gasteiger partial charge in [-0.1, -0.05) is 13.0 Å². The molecule has 0 saturated carbocycles. The molecular weight excluding hydrogens is 324 g/mol. The largest absolute Gasteiger partial charge is 0.493 e. The van der Waals surface area contributed by atoms with Crippen LogP contribution in [0.25, 0.3) is 0 Å². The van der Waals surface area contributed by atoms with Crippen molar-refractivity contribution in [2.75, 3.05) is 21.0 Å². The van der Waals surface area contributed by atoms with E-state index in [4.69, 9.17) is 23.7 Å². The average Bonchev–Trinajstić information content (AvgIpc) is 3.24. The molecule has 2 aromatic rings. The van der Waals surface area contributed by atoms with Crippen LogP contribution in [-0.2, 0) is 4.74 Å². The van der Waals surface area contributed by atoms with Crippen molar-refractivity contribution in [1.29, 1.82) is 0 Å². The molecule has 0 aliphatic carbocycles. The number of carbonyl (C=O) groups is 1. The molecule has 0 aromatic heterocycles. The summed E-state index contributed by atoms with van der Waals surface area (Å²) in [6.45, 7) is 2.29. The molecule has 130 valence electrons. The van der Waals surface area contributed by atoms with Gasteiger partial charge in [-0.3, -0.25) is 0 Å². The number of fused-ring (bicyclic) bond motifs is 2. The summed E-state index contributed by atoms with van der Waals surface area (Å²) in [5, 5.41) is 0.